The van der Waals surface area contributed by atoms with Gasteiger partial charge in [0, 0.05) is 6.54 Å². The number of hydrogen-bond acceptors (Lipinski definition) is 5. The Labute approximate surface area is 110 Å². The highest BCUT2D eigenvalue weighted by Crippen LogP contribution is 2.22. The van der Waals surface area contributed by atoms with E-state index in [1.54, 1.807) is 4.90 Å². The molecule has 6 nitrogen and oxygen atoms in total. The summed E-state index contributed by atoms with van der Waals surface area (Å²) >= 11 is 1.37. The van der Waals surface area contributed by atoms with Crippen molar-refractivity contribution in [1.29, 1.82) is 0 Å². The number of hydrogen-bond donors (Lipinski definition) is 1. The molecule has 0 bridgehead atoms. The van der Waals surface area contributed by atoms with E-state index in [4.69, 9.17) is 4.74 Å². The van der Waals surface area contributed by atoms with E-state index in [1.807, 2.05) is 27.7 Å². The second-order valence-electron chi connectivity index (χ2n) is 5.13. The van der Waals surface area contributed by atoms with Gasteiger partial charge in [0.2, 0.25) is 5.13 Å². The van der Waals surface area contributed by atoms with Crippen LogP contribution < -0.4 is 5.32 Å². The molecule has 18 heavy (non-hydrogen) atoms. The maximum absolute atomic E-state index is 12.1. The molecule has 1 N–H and O–H groups in total. The highest BCUT2D eigenvalue weighted by atomic mass is 32.1. The predicted molar refractivity (Wildman–Crippen MR) is 69.9 cm³/mol. The molecule has 1 saturated heterocycles. The minimum atomic E-state index is -0.313. The molecule has 1 aliphatic heterocycles. The molecule has 7 heteroatoms. The topological polar surface area (TPSA) is 67.4 Å². The first-order valence-electron chi connectivity index (χ1n) is 5.89. The molecule has 0 aliphatic carbocycles. The highest BCUT2D eigenvalue weighted by Gasteiger charge is 2.33. The monoisotopic (exact) mass is 270 g/mol. The van der Waals surface area contributed by atoms with Gasteiger partial charge < -0.3 is 9.64 Å². The lowest BCUT2D eigenvalue weighted by Gasteiger charge is -2.41. The van der Waals surface area contributed by atoms with Crippen LogP contribution in [0.25, 0.3) is 0 Å². The molecule has 2 amide bonds. The standard InChI is InChI=1S/C11H18N4O2S/c1-7-5-15(6-11(3,4)17-7)10(16)12-9-14-13-8(2)18-9/h7H,5-6H2,1-4H3,(H,12,14,16). The summed E-state index contributed by atoms with van der Waals surface area (Å²) in [5.41, 5.74) is -0.313. The summed E-state index contributed by atoms with van der Waals surface area (Å²) in [5, 5.41) is 11.9. The molecule has 2 heterocycles. The Morgan fingerprint density at radius 3 is 2.83 bits per heavy atom. The number of rotatable bonds is 1. The van der Waals surface area contributed by atoms with E-state index in [9.17, 15) is 4.79 Å². The lowest BCUT2D eigenvalue weighted by atomic mass is 10.1. The third-order valence-electron chi connectivity index (χ3n) is 2.60. The van der Waals surface area contributed by atoms with Gasteiger partial charge in [-0.05, 0) is 27.7 Å². The summed E-state index contributed by atoms with van der Waals surface area (Å²) in [6.07, 6.45) is 0.0376. The van der Waals surface area contributed by atoms with Gasteiger partial charge in [-0.15, -0.1) is 10.2 Å². The van der Waals surface area contributed by atoms with Gasteiger partial charge >= 0.3 is 6.03 Å². The van der Waals surface area contributed by atoms with Crippen LogP contribution in [0.2, 0.25) is 0 Å². The van der Waals surface area contributed by atoms with Gasteiger partial charge in [-0.1, -0.05) is 11.3 Å². The number of aromatic nitrogens is 2. The molecule has 0 spiro atoms. The SMILES string of the molecule is Cc1nnc(NC(=O)N2CC(C)OC(C)(C)C2)s1. The Kier molecular flexibility index (Phi) is 3.54. The van der Waals surface area contributed by atoms with Crippen LogP contribution in [0.5, 0.6) is 0 Å². The second-order valence-corrected chi connectivity index (χ2v) is 6.31. The summed E-state index contributed by atoms with van der Waals surface area (Å²) in [6, 6.07) is -0.144. The maximum atomic E-state index is 12.1. The molecule has 100 valence electrons. The van der Waals surface area contributed by atoms with E-state index in [-0.39, 0.29) is 17.7 Å². The molecule has 0 aromatic carbocycles. The van der Waals surface area contributed by atoms with Crippen LogP contribution in [-0.4, -0.2) is 45.9 Å². The molecule has 1 aromatic rings. The second kappa shape index (κ2) is 4.81. The van der Waals surface area contributed by atoms with Crippen molar-refractivity contribution >= 4 is 22.5 Å². The molecule has 1 aliphatic rings. The third-order valence-corrected chi connectivity index (χ3v) is 3.35. The van der Waals surface area contributed by atoms with Crippen LogP contribution in [0.3, 0.4) is 0 Å². The van der Waals surface area contributed by atoms with Crippen molar-refractivity contribution in [3.63, 3.8) is 0 Å². The van der Waals surface area contributed by atoms with Crippen molar-refractivity contribution in [3.05, 3.63) is 5.01 Å². The number of aryl methyl sites for hydroxylation is 1. The van der Waals surface area contributed by atoms with Crippen molar-refractivity contribution in [1.82, 2.24) is 15.1 Å². The van der Waals surface area contributed by atoms with E-state index in [2.05, 4.69) is 15.5 Å². The minimum Gasteiger partial charge on any atom is -0.369 e. The molecule has 1 aromatic heterocycles. The van der Waals surface area contributed by atoms with Crippen LogP contribution in [-0.2, 0) is 4.74 Å². The fourth-order valence-corrected chi connectivity index (χ4v) is 2.71. The molecule has 1 fully saturated rings. The quantitative estimate of drug-likeness (QED) is 0.846. The molecule has 1 unspecified atom stereocenters. The lowest BCUT2D eigenvalue weighted by Crippen LogP contribution is -2.54. The fraction of sp³-hybridized carbons (Fsp3) is 0.727. The minimum absolute atomic E-state index is 0.0376. The summed E-state index contributed by atoms with van der Waals surface area (Å²) in [4.78, 5) is 13.9. The van der Waals surface area contributed by atoms with E-state index in [0.717, 1.165) is 5.01 Å². The number of amides is 2. The lowest BCUT2D eigenvalue weighted by molar-refractivity contribution is -0.116. The van der Waals surface area contributed by atoms with Crippen molar-refractivity contribution < 1.29 is 9.53 Å². The smallest absolute Gasteiger partial charge is 0.323 e. The van der Waals surface area contributed by atoms with Gasteiger partial charge in [-0.25, -0.2) is 4.79 Å². The molecular weight excluding hydrogens is 252 g/mol. The van der Waals surface area contributed by atoms with E-state index < -0.39 is 0 Å². The van der Waals surface area contributed by atoms with Gasteiger partial charge in [0.1, 0.15) is 5.01 Å². The van der Waals surface area contributed by atoms with Gasteiger partial charge in [-0.3, -0.25) is 5.32 Å². The number of carbonyl (C=O) groups excluding carboxylic acids is 1. The molecule has 2 rings (SSSR count). The first-order chi connectivity index (χ1) is 8.35. The largest absolute Gasteiger partial charge is 0.369 e. The van der Waals surface area contributed by atoms with Crippen molar-refractivity contribution in [2.45, 2.75) is 39.4 Å². The average Bonchev–Trinajstić information content (AvgIpc) is 2.60. The number of urea groups is 1. The Bertz CT molecular complexity index is 446. The van der Waals surface area contributed by atoms with Crippen LogP contribution in [0.1, 0.15) is 25.8 Å². The zero-order chi connectivity index (χ0) is 13.3. The average molecular weight is 270 g/mol. The zero-order valence-electron chi connectivity index (χ0n) is 11.1. The molecule has 0 saturated carbocycles. The van der Waals surface area contributed by atoms with Crippen LogP contribution in [0.4, 0.5) is 9.93 Å². The van der Waals surface area contributed by atoms with Gasteiger partial charge in [-0.2, -0.15) is 0 Å². The van der Waals surface area contributed by atoms with E-state index in [1.165, 1.54) is 11.3 Å². The first-order valence-corrected chi connectivity index (χ1v) is 6.71. The van der Waals surface area contributed by atoms with Crippen molar-refractivity contribution in [2.75, 3.05) is 18.4 Å². The van der Waals surface area contributed by atoms with Gasteiger partial charge in [0.05, 0.1) is 18.2 Å². The summed E-state index contributed by atoms with van der Waals surface area (Å²) < 4.78 is 5.76. The summed E-state index contributed by atoms with van der Waals surface area (Å²) in [5.74, 6) is 0. The first kappa shape index (κ1) is 13.2. The van der Waals surface area contributed by atoms with Crippen LogP contribution in [0, 0.1) is 6.92 Å². The summed E-state index contributed by atoms with van der Waals surface area (Å²) in [6.45, 7) is 8.95. The number of carbonyl (C=O) groups is 1. The fourth-order valence-electron chi connectivity index (χ4n) is 2.13. The Morgan fingerprint density at radius 2 is 2.28 bits per heavy atom. The van der Waals surface area contributed by atoms with Gasteiger partial charge in [0.25, 0.3) is 0 Å². The number of morpholine rings is 1. The predicted octanol–water partition coefficient (Wildman–Crippen LogP) is 1.88. The zero-order valence-corrected chi connectivity index (χ0v) is 11.9. The maximum Gasteiger partial charge on any atom is 0.323 e. The number of ether oxygens (including phenoxy) is 1. The van der Waals surface area contributed by atoms with Crippen LogP contribution in [0.15, 0.2) is 0 Å². The van der Waals surface area contributed by atoms with E-state index >= 15 is 0 Å². The van der Waals surface area contributed by atoms with Crippen LogP contribution >= 0.6 is 11.3 Å². The van der Waals surface area contributed by atoms with Crippen molar-refractivity contribution in [3.8, 4) is 0 Å². The highest BCUT2D eigenvalue weighted by molar-refractivity contribution is 7.15. The van der Waals surface area contributed by atoms with E-state index in [0.29, 0.717) is 18.2 Å². The summed E-state index contributed by atoms with van der Waals surface area (Å²) in [7, 11) is 0. The Hall–Kier alpha value is -1.21. The third kappa shape index (κ3) is 3.17. The van der Waals surface area contributed by atoms with Gasteiger partial charge in [0.15, 0.2) is 0 Å². The Balaban J connectivity index is 2.00. The molecule has 0 radical (unpaired) electrons. The van der Waals surface area contributed by atoms with Crippen molar-refractivity contribution in [2.24, 2.45) is 0 Å². The number of nitrogens with zero attached hydrogens (tertiary/aromatic N) is 3. The Morgan fingerprint density at radius 1 is 1.56 bits per heavy atom. The molecular formula is C11H18N4O2S. The normalized spacial score (nSPS) is 22.9. The number of nitrogens with one attached hydrogen (secondary N) is 1. The molecule has 1 atom stereocenters. The number of anilines is 1.